The van der Waals surface area contributed by atoms with Crippen LogP contribution in [0.4, 0.5) is 0 Å². The van der Waals surface area contributed by atoms with E-state index < -0.39 is 0 Å². The molecule has 2 rings (SSSR count). The summed E-state index contributed by atoms with van der Waals surface area (Å²) >= 11 is 12.1. The van der Waals surface area contributed by atoms with Gasteiger partial charge in [-0.1, -0.05) is 30.7 Å². The van der Waals surface area contributed by atoms with Crippen LogP contribution in [0, 0.1) is 4.77 Å². The Morgan fingerprint density at radius 2 is 2.14 bits per heavy atom. The molecule has 28 heavy (non-hydrogen) atoms. The number of hydrogen-bond acceptors (Lipinski definition) is 4. The first-order valence-electron chi connectivity index (χ1n) is 9.47. The number of carbonyl (C=O) groups excluding carboxylic acids is 1. The van der Waals surface area contributed by atoms with E-state index in [9.17, 15) is 4.79 Å². The minimum absolute atomic E-state index is 0.0247. The van der Waals surface area contributed by atoms with Crippen LogP contribution in [0.25, 0.3) is 11.4 Å². The molecule has 0 radical (unpaired) electrons. The number of carbonyl (C=O) groups is 1. The van der Waals surface area contributed by atoms with Crippen molar-refractivity contribution in [2.45, 2.75) is 33.0 Å². The van der Waals surface area contributed by atoms with E-state index in [1.807, 2.05) is 42.8 Å². The second-order valence-electron chi connectivity index (χ2n) is 6.73. The lowest BCUT2D eigenvalue weighted by molar-refractivity contribution is -0.895. The Morgan fingerprint density at radius 3 is 2.82 bits per heavy atom. The van der Waals surface area contributed by atoms with Crippen molar-refractivity contribution in [1.82, 2.24) is 19.7 Å². The molecule has 0 saturated carbocycles. The molecule has 7 nitrogen and oxygen atoms in total. The number of amides is 1. The standard InChI is InChI=1S/C19H28ClN5O2S/c1-4-10-21-17(26)13-23(2)14-25-19(28)24(11-7-12-27-3)18(22-25)15-8-5-6-9-16(15)20/h5-6,8-9H,4,7,10-14H2,1-3H3,(H,21,26)/p+1. The van der Waals surface area contributed by atoms with Gasteiger partial charge < -0.3 is 15.0 Å². The number of hydrogen-bond donors (Lipinski definition) is 2. The summed E-state index contributed by atoms with van der Waals surface area (Å²) in [6.45, 7) is 4.90. The molecule has 0 spiro atoms. The number of aromatic nitrogens is 3. The molecule has 1 atom stereocenters. The Morgan fingerprint density at radius 1 is 1.39 bits per heavy atom. The molecule has 1 aromatic carbocycles. The van der Waals surface area contributed by atoms with E-state index in [1.54, 1.807) is 11.8 Å². The van der Waals surface area contributed by atoms with Crippen LogP contribution in [-0.2, 0) is 22.7 Å². The van der Waals surface area contributed by atoms with Gasteiger partial charge in [-0.15, -0.1) is 5.10 Å². The minimum atomic E-state index is 0.0247. The molecule has 2 N–H and O–H groups in total. The molecule has 9 heteroatoms. The average molecular weight is 427 g/mol. The van der Waals surface area contributed by atoms with Crippen LogP contribution in [-0.4, -0.2) is 54.1 Å². The summed E-state index contributed by atoms with van der Waals surface area (Å²) in [5.41, 5.74) is 0.838. The van der Waals surface area contributed by atoms with Crippen molar-refractivity contribution >= 4 is 29.7 Å². The number of halogens is 1. The third-order valence-electron chi connectivity index (χ3n) is 4.22. The van der Waals surface area contributed by atoms with Gasteiger partial charge in [0.15, 0.2) is 19.0 Å². The van der Waals surface area contributed by atoms with Crippen molar-refractivity contribution in [2.24, 2.45) is 0 Å². The zero-order valence-corrected chi connectivity index (χ0v) is 18.3. The number of quaternary nitrogens is 1. The van der Waals surface area contributed by atoms with Gasteiger partial charge in [0.05, 0.1) is 12.1 Å². The molecule has 0 fully saturated rings. The maximum absolute atomic E-state index is 12.0. The molecule has 154 valence electrons. The van der Waals surface area contributed by atoms with Crippen molar-refractivity contribution in [3.8, 4) is 11.4 Å². The van der Waals surface area contributed by atoms with Crippen LogP contribution in [0.15, 0.2) is 24.3 Å². The van der Waals surface area contributed by atoms with Gasteiger partial charge in [0, 0.05) is 32.4 Å². The molecule has 0 bridgehead atoms. The molecule has 1 aromatic heterocycles. The van der Waals surface area contributed by atoms with Gasteiger partial charge in [0.1, 0.15) is 0 Å². The van der Waals surface area contributed by atoms with Crippen molar-refractivity contribution in [3.05, 3.63) is 34.1 Å². The number of methoxy groups -OCH3 is 1. The smallest absolute Gasteiger partial charge is 0.275 e. The molecule has 2 aromatic rings. The number of nitrogens with one attached hydrogen (secondary N) is 2. The van der Waals surface area contributed by atoms with E-state index in [2.05, 4.69) is 5.32 Å². The monoisotopic (exact) mass is 426 g/mol. The van der Waals surface area contributed by atoms with Gasteiger partial charge in [-0.05, 0) is 37.2 Å². The summed E-state index contributed by atoms with van der Waals surface area (Å²) < 4.78 is 9.53. The third kappa shape index (κ3) is 6.13. The summed E-state index contributed by atoms with van der Waals surface area (Å²) in [6, 6.07) is 7.59. The molecule has 1 amide bonds. The predicted octanol–water partition coefficient (Wildman–Crippen LogP) is 1.77. The van der Waals surface area contributed by atoms with E-state index in [-0.39, 0.29) is 5.91 Å². The molecule has 0 aliphatic heterocycles. The fraction of sp³-hybridized carbons (Fsp3) is 0.526. The minimum Gasteiger partial charge on any atom is -0.385 e. The van der Waals surface area contributed by atoms with E-state index in [0.717, 1.165) is 29.1 Å². The lowest BCUT2D eigenvalue weighted by atomic mass is 10.2. The lowest BCUT2D eigenvalue weighted by Crippen LogP contribution is -3.09. The normalized spacial score (nSPS) is 12.1. The topological polar surface area (TPSA) is 65.5 Å². The molecule has 0 aliphatic rings. The maximum Gasteiger partial charge on any atom is 0.275 e. The number of likely N-dealkylation sites (N-methyl/N-ethyl adjacent to an activating group) is 1. The Kier molecular flexibility index (Phi) is 9.11. The van der Waals surface area contributed by atoms with Gasteiger partial charge in [-0.3, -0.25) is 9.36 Å². The molecule has 0 saturated heterocycles. The van der Waals surface area contributed by atoms with Crippen LogP contribution >= 0.6 is 23.8 Å². The lowest BCUT2D eigenvalue weighted by Gasteiger charge is -2.13. The highest BCUT2D eigenvalue weighted by Gasteiger charge is 2.18. The van der Waals surface area contributed by atoms with Gasteiger partial charge in [0.2, 0.25) is 4.77 Å². The Labute approximate surface area is 176 Å². The first-order chi connectivity index (χ1) is 13.5. The summed E-state index contributed by atoms with van der Waals surface area (Å²) in [6.07, 6.45) is 1.74. The number of nitrogens with zero attached hydrogens (tertiary/aromatic N) is 3. The molecule has 1 heterocycles. The zero-order chi connectivity index (χ0) is 20.5. The number of benzene rings is 1. The molecule has 1 unspecified atom stereocenters. The average Bonchev–Trinajstić information content (AvgIpc) is 2.96. The van der Waals surface area contributed by atoms with Gasteiger partial charge in [-0.2, -0.15) is 4.68 Å². The van der Waals surface area contributed by atoms with E-state index in [1.165, 1.54) is 0 Å². The fourth-order valence-corrected chi connectivity index (χ4v) is 3.37. The number of ether oxygens (including phenoxy) is 1. The van der Waals surface area contributed by atoms with Gasteiger partial charge >= 0.3 is 0 Å². The number of rotatable bonds is 11. The summed E-state index contributed by atoms with van der Waals surface area (Å²) in [4.78, 5) is 13.0. The first-order valence-corrected chi connectivity index (χ1v) is 10.3. The quantitative estimate of drug-likeness (QED) is 0.424. The molecule has 0 aliphatic carbocycles. The summed E-state index contributed by atoms with van der Waals surface area (Å²) in [7, 11) is 3.63. The van der Waals surface area contributed by atoms with E-state index >= 15 is 0 Å². The largest absolute Gasteiger partial charge is 0.385 e. The van der Waals surface area contributed by atoms with Crippen LogP contribution in [0.5, 0.6) is 0 Å². The summed E-state index contributed by atoms with van der Waals surface area (Å²) in [5.74, 6) is 0.756. The van der Waals surface area contributed by atoms with Crippen LogP contribution in [0.2, 0.25) is 5.02 Å². The summed E-state index contributed by atoms with van der Waals surface area (Å²) in [5, 5.41) is 8.25. The van der Waals surface area contributed by atoms with Crippen molar-refractivity contribution < 1.29 is 14.4 Å². The van der Waals surface area contributed by atoms with E-state index in [4.69, 9.17) is 33.7 Å². The van der Waals surface area contributed by atoms with Crippen molar-refractivity contribution in [2.75, 3.05) is 33.9 Å². The van der Waals surface area contributed by atoms with Gasteiger partial charge in [0.25, 0.3) is 5.91 Å². The fourth-order valence-electron chi connectivity index (χ4n) is 2.87. The SMILES string of the molecule is CCCNC(=O)C[NH+](C)Cn1nc(-c2ccccc2Cl)n(CCCOC)c1=S. The molecular weight excluding hydrogens is 398 g/mol. The second kappa shape index (κ2) is 11.3. The molecular formula is C19H29ClN5O2S+. The van der Waals surface area contributed by atoms with Crippen LogP contribution in [0.1, 0.15) is 19.8 Å². The van der Waals surface area contributed by atoms with Crippen LogP contribution < -0.4 is 10.2 Å². The Balaban J connectivity index is 2.25. The third-order valence-corrected chi connectivity index (χ3v) is 4.98. The zero-order valence-electron chi connectivity index (χ0n) is 16.7. The maximum atomic E-state index is 12.0. The Bertz CT molecular complexity index is 836. The van der Waals surface area contributed by atoms with E-state index in [0.29, 0.717) is 42.7 Å². The van der Waals surface area contributed by atoms with Crippen LogP contribution in [0.3, 0.4) is 0 Å². The van der Waals surface area contributed by atoms with Crippen molar-refractivity contribution in [1.29, 1.82) is 0 Å². The highest BCUT2D eigenvalue weighted by molar-refractivity contribution is 7.71. The van der Waals surface area contributed by atoms with Gasteiger partial charge in [-0.25, -0.2) is 0 Å². The van der Waals surface area contributed by atoms with Crippen molar-refractivity contribution in [3.63, 3.8) is 0 Å². The predicted molar refractivity (Wildman–Crippen MR) is 113 cm³/mol. The first kappa shape index (κ1) is 22.5. The highest BCUT2D eigenvalue weighted by atomic mass is 35.5. The Hall–Kier alpha value is -1.74. The second-order valence-corrected chi connectivity index (χ2v) is 7.50. The highest BCUT2D eigenvalue weighted by Crippen LogP contribution is 2.26.